The van der Waals surface area contributed by atoms with E-state index in [2.05, 4.69) is 26.2 Å². The van der Waals surface area contributed by atoms with E-state index in [-0.39, 0.29) is 5.91 Å². The molecule has 0 aliphatic carbocycles. The Morgan fingerprint density at radius 2 is 2.21 bits per heavy atom. The lowest BCUT2D eigenvalue weighted by molar-refractivity contribution is -0.115. The number of pyridine rings is 1. The Labute approximate surface area is 92.1 Å². The highest BCUT2D eigenvalue weighted by molar-refractivity contribution is 9.09. The van der Waals surface area contributed by atoms with Crippen LogP contribution in [0.4, 0.5) is 5.82 Å². The summed E-state index contributed by atoms with van der Waals surface area (Å²) in [6, 6.07) is 3.83. The van der Waals surface area contributed by atoms with Crippen LogP contribution < -0.4 is 5.32 Å². The van der Waals surface area contributed by atoms with Crippen molar-refractivity contribution in [3.63, 3.8) is 0 Å². The van der Waals surface area contributed by atoms with Crippen molar-refractivity contribution in [2.24, 2.45) is 0 Å². The number of hydrogen-bond donors (Lipinski definition) is 1. The topological polar surface area (TPSA) is 42.0 Å². The van der Waals surface area contributed by atoms with E-state index >= 15 is 0 Å². The minimum Gasteiger partial charge on any atom is -0.311 e. The maximum absolute atomic E-state index is 11.3. The number of aryl methyl sites for hydroxylation is 2. The summed E-state index contributed by atoms with van der Waals surface area (Å²) in [6.07, 6.45) is 0.467. The summed E-state index contributed by atoms with van der Waals surface area (Å²) >= 11 is 3.21. The summed E-state index contributed by atoms with van der Waals surface area (Å²) in [5.41, 5.74) is 2.02. The maximum atomic E-state index is 11.3. The molecule has 0 unspecified atom stereocenters. The smallest absolute Gasteiger partial charge is 0.226 e. The maximum Gasteiger partial charge on any atom is 0.226 e. The van der Waals surface area contributed by atoms with Gasteiger partial charge in [0.25, 0.3) is 0 Å². The average molecular weight is 257 g/mol. The van der Waals surface area contributed by atoms with Crippen LogP contribution in [0.2, 0.25) is 0 Å². The van der Waals surface area contributed by atoms with E-state index in [1.807, 2.05) is 26.0 Å². The van der Waals surface area contributed by atoms with Crippen molar-refractivity contribution in [3.05, 3.63) is 23.4 Å². The molecule has 1 heterocycles. The van der Waals surface area contributed by atoms with Crippen LogP contribution in [0, 0.1) is 13.8 Å². The van der Waals surface area contributed by atoms with Crippen molar-refractivity contribution in [2.75, 3.05) is 10.6 Å². The van der Waals surface area contributed by atoms with Gasteiger partial charge >= 0.3 is 0 Å². The summed E-state index contributed by atoms with van der Waals surface area (Å²) in [6.45, 7) is 3.89. The molecule has 0 bridgehead atoms. The first-order valence-corrected chi connectivity index (χ1v) is 5.55. The van der Waals surface area contributed by atoms with E-state index in [1.165, 1.54) is 0 Å². The summed E-state index contributed by atoms with van der Waals surface area (Å²) in [5, 5.41) is 3.41. The number of amides is 1. The molecule has 0 saturated heterocycles. The van der Waals surface area contributed by atoms with Crippen LogP contribution in [0.25, 0.3) is 0 Å². The normalized spacial score (nSPS) is 9.93. The molecule has 0 aliphatic rings. The predicted molar refractivity (Wildman–Crippen MR) is 60.8 cm³/mol. The van der Waals surface area contributed by atoms with Crippen LogP contribution in [0.5, 0.6) is 0 Å². The minimum absolute atomic E-state index is 0.0145. The zero-order valence-corrected chi connectivity index (χ0v) is 9.89. The molecule has 0 radical (unpaired) electrons. The molecule has 0 spiro atoms. The first kappa shape index (κ1) is 11.2. The Kier molecular flexibility index (Phi) is 4.07. The molecule has 1 N–H and O–H groups in total. The third-order valence-corrected chi connectivity index (χ3v) is 2.08. The number of alkyl halides is 1. The van der Waals surface area contributed by atoms with Crippen molar-refractivity contribution in [2.45, 2.75) is 20.3 Å². The number of anilines is 1. The molecule has 4 heteroatoms. The van der Waals surface area contributed by atoms with Crippen molar-refractivity contribution < 1.29 is 4.79 Å². The number of carbonyl (C=O) groups is 1. The highest BCUT2D eigenvalue weighted by atomic mass is 79.9. The van der Waals surface area contributed by atoms with Gasteiger partial charge < -0.3 is 5.32 Å². The lowest BCUT2D eigenvalue weighted by atomic mass is 10.2. The van der Waals surface area contributed by atoms with Crippen LogP contribution in [-0.4, -0.2) is 16.2 Å². The van der Waals surface area contributed by atoms with Gasteiger partial charge in [0, 0.05) is 17.4 Å². The van der Waals surface area contributed by atoms with Crippen LogP contribution in [0.15, 0.2) is 12.1 Å². The van der Waals surface area contributed by atoms with Crippen molar-refractivity contribution in [3.8, 4) is 0 Å². The first-order valence-electron chi connectivity index (χ1n) is 4.43. The predicted octanol–water partition coefficient (Wildman–Crippen LogP) is 2.42. The highest BCUT2D eigenvalue weighted by Gasteiger charge is 2.02. The molecule has 0 aliphatic heterocycles. The fourth-order valence-electron chi connectivity index (χ4n) is 1.20. The quantitative estimate of drug-likeness (QED) is 0.845. The van der Waals surface area contributed by atoms with E-state index < -0.39 is 0 Å². The van der Waals surface area contributed by atoms with Gasteiger partial charge in [0.1, 0.15) is 5.82 Å². The monoisotopic (exact) mass is 256 g/mol. The van der Waals surface area contributed by atoms with E-state index in [9.17, 15) is 4.79 Å². The Hall–Kier alpha value is -0.900. The number of halogens is 1. The second kappa shape index (κ2) is 5.10. The third kappa shape index (κ3) is 3.46. The molecule has 3 nitrogen and oxygen atoms in total. The van der Waals surface area contributed by atoms with Gasteiger partial charge in [-0.05, 0) is 31.5 Å². The van der Waals surface area contributed by atoms with Crippen molar-refractivity contribution in [1.29, 1.82) is 0 Å². The van der Waals surface area contributed by atoms with Gasteiger partial charge in [-0.3, -0.25) is 4.79 Å². The van der Waals surface area contributed by atoms with Crippen molar-refractivity contribution in [1.82, 2.24) is 4.98 Å². The van der Waals surface area contributed by atoms with Crippen LogP contribution in [0.3, 0.4) is 0 Å². The zero-order chi connectivity index (χ0) is 10.6. The van der Waals surface area contributed by atoms with Crippen molar-refractivity contribution >= 4 is 27.7 Å². The van der Waals surface area contributed by atoms with Gasteiger partial charge in [-0.25, -0.2) is 4.98 Å². The second-order valence-electron chi connectivity index (χ2n) is 3.16. The Bertz CT molecular complexity index is 319. The fourth-order valence-corrected chi connectivity index (χ4v) is 1.56. The summed E-state index contributed by atoms with van der Waals surface area (Å²) in [5.74, 6) is 0.618. The molecular formula is C10H13BrN2O. The lowest BCUT2D eigenvalue weighted by Gasteiger charge is -2.05. The number of carbonyl (C=O) groups excluding carboxylic acids is 1. The molecule has 0 saturated carbocycles. The molecule has 0 aromatic carbocycles. The van der Waals surface area contributed by atoms with Gasteiger partial charge in [0.05, 0.1) is 0 Å². The lowest BCUT2D eigenvalue weighted by Crippen LogP contribution is -2.13. The minimum atomic E-state index is -0.0145. The zero-order valence-electron chi connectivity index (χ0n) is 8.30. The Morgan fingerprint density at radius 3 is 2.79 bits per heavy atom. The number of nitrogens with zero attached hydrogens (tertiary/aromatic N) is 1. The summed E-state index contributed by atoms with van der Waals surface area (Å²) in [7, 11) is 0. The van der Waals surface area contributed by atoms with Gasteiger partial charge in [-0.15, -0.1) is 0 Å². The van der Waals surface area contributed by atoms with Gasteiger partial charge in [-0.2, -0.15) is 0 Å². The molecule has 76 valence electrons. The van der Waals surface area contributed by atoms with E-state index in [0.29, 0.717) is 17.6 Å². The molecular weight excluding hydrogens is 244 g/mol. The molecule has 0 fully saturated rings. The first-order chi connectivity index (χ1) is 6.61. The molecule has 14 heavy (non-hydrogen) atoms. The number of aromatic nitrogens is 1. The largest absolute Gasteiger partial charge is 0.311 e. The Morgan fingerprint density at radius 1 is 1.50 bits per heavy atom. The summed E-state index contributed by atoms with van der Waals surface area (Å²) in [4.78, 5) is 15.5. The highest BCUT2D eigenvalue weighted by Crippen LogP contribution is 2.09. The number of nitrogens with one attached hydrogen (secondary N) is 1. The fraction of sp³-hybridized carbons (Fsp3) is 0.400. The van der Waals surface area contributed by atoms with E-state index in [4.69, 9.17) is 0 Å². The van der Waals surface area contributed by atoms with Crippen LogP contribution in [0.1, 0.15) is 17.7 Å². The number of hydrogen-bond acceptors (Lipinski definition) is 2. The van der Waals surface area contributed by atoms with Gasteiger partial charge in [0.15, 0.2) is 0 Å². The average Bonchev–Trinajstić information content (AvgIpc) is 2.01. The van der Waals surface area contributed by atoms with E-state index in [1.54, 1.807) is 0 Å². The van der Waals surface area contributed by atoms with E-state index in [0.717, 1.165) is 11.3 Å². The standard InChI is InChI=1S/C10H13BrN2O/c1-7-5-8(2)12-9(6-7)13-10(14)3-4-11/h5-6H,3-4H2,1-2H3,(H,12,13,14). The third-order valence-electron chi connectivity index (χ3n) is 1.69. The molecule has 1 amide bonds. The van der Waals surface area contributed by atoms with Crippen LogP contribution in [-0.2, 0) is 4.79 Å². The molecule has 1 aromatic heterocycles. The second-order valence-corrected chi connectivity index (χ2v) is 3.95. The summed E-state index contributed by atoms with van der Waals surface area (Å²) < 4.78 is 0. The van der Waals surface area contributed by atoms with Crippen LogP contribution >= 0.6 is 15.9 Å². The number of rotatable bonds is 3. The van der Waals surface area contributed by atoms with Gasteiger partial charge in [0.2, 0.25) is 5.91 Å². The van der Waals surface area contributed by atoms with Gasteiger partial charge in [-0.1, -0.05) is 15.9 Å². The molecule has 1 rings (SSSR count). The molecule has 1 aromatic rings. The SMILES string of the molecule is Cc1cc(C)nc(NC(=O)CCBr)c1. The molecule has 0 atom stereocenters. The Balaban J connectivity index is 2.71.